The van der Waals surface area contributed by atoms with E-state index in [1.165, 1.54) is 51.0 Å². The van der Waals surface area contributed by atoms with Crippen molar-refractivity contribution in [3.63, 3.8) is 0 Å². The molecule has 0 aromatic carbocycles. The van der Waals surface area contributed by atoms with E-state index < -0.39 is 0 Å². The Hall–Kier alpha value is -0.910. The minimum Gasteiger partial charge on any atom is -0.381 e. The molecule has 0 amide bonds. The van der Waals surface area contributed by atoms with Crippen LogP contribution in [0.15, 0.2) is 6.07 Å². The predicted molar refractivity (Wildman–Crippen MR) is 94.9 cm³/mol. The maximum atomic E-state index is 5.99. The zero-order chi connectivity index (χ0) is 16.7. The summed E-state index contributed by atoms with van der Waals surface area (Å²) in [6.45, 7) is 8.67. The molecule has 1 atom stereocenters. The Bertz CT molecular complexity index is 574. The Morgan fingerprint density at radius 2 is 1.92 bits per heavy atom. The smallest absolute Gasteiger partial charge is 0.0597 e. The lowest BCUT2D eigenvalue weighted by Crippen LogP contribution is -2.71. The molecule has 2 saturated heterocycles. The zero-order valence-corrected chi connectivity index (χ0v) is 15.5. The van der Waals surface area contributed by atoms with Crippen molar-refractivity contribution in [2.45, 2.75) is 44.7 Å². The minimum atomic E-state index is 0.388. The molecule has 3 heterocycles. The number of hydrogen-bond acceptors (Lipinski definition) is 4. The standard InChI is InChI=1S/C19H32N4O/c1-15-8-18(22(3)20-15)10-23-13-19(14-23)9-17(6-7-21(19)2)12-24-11-16-4-5-16/h8,16-17H,4-7,9-14H2,1-3H3/t17-/m0/s1. The molecule has 2 aliphatic heterocycles. The van der Waals surface area contributed by atoms with Crippen LogP contribution in [0.2, 0.25) is 0 Å². The molecule has 4 rings (SSSR count). The van der Waals surface area contributed by atoms with E-state index in [0.29, 0.717) is 5.54 Å². The molecule has 0 N–H and O–H groups in total. The second-order valence-corrected chi connectivity index (χ2v) is 8.53. The number of likely N-dealkylation sites (N-methyl/N-ethyl adjacent to an activating group) is 1. The van der Waals surface area contributed by atoms with Crippen LogP contribution >= 0.6 is 0 Å². The van der Waals surface area contributed by atoms with Crippen LogP contribution in [-0.2, 0) is 18.3 Å². The van der Waals surface area contributed by atoms with Crippen molar-refractivity contribution in [3.8, 4) is 0 Å². The maximum absolute atomic E-state index is 5.99. The molecule has 3 fully saturated rings. The molecular formula is C19H32N4O. The highest BCUT2D eigenvalue weighted by molar-refractivity contribution is 5.12. The van der Waals surface area contributed by atoms with Gasteiger partial charge in [-0.3, -0.25) is 14.5 Å². The lowest BCUT2D eigenvalue weighted by molar-refractivity contribution is -0.0936. The van der Waals surface area contributed by atoms with Crippen LogP contribution in [0.4, 0.5) is 0 Å². The van der Waals surface area contributed by atoms with E-state index in [0.717, 1.165) is 37.3 Å². The van der Waals surface area contributed by atoms with E-state index in [1.54, 1.807) is 0 Å². The number of aryl methyl sites for hydroxylation is 2. The molecular weight excluding hydrogens is 300 g/mol. The molecule has 134 valence electrons. The first-order valence-electron chi connectivity index (χ1n) is 9.55. The maximum Gasteiger partial charge on any atom is 0.0597 e. The van der Waals surface area contributed by atoms with Crippen LogP contribution in [-0.4, -0.2) is 65.0 Å². The van der Waals surface area contributed by atoms with Gasteiger partial charge in [-0.05, 0) is 64.1 Å². The van der Waals surface area contributed by atoms with Gasteiger partial charge < -0.3 is 4.74 Å². The molecule has 24 heavy (non-hydrogen) atoms. The number of rotatable bonds is 6. The number of piperidine rings is 1. The van der Waals surface area contributed by atoms with Crippen LogP contribution in [0.3, 0.4) is 0 Å². The van der Waals surface area contributed by atoms with Crippen LogP contribution in [0.5, 0.6) is 0 Å². The lowest BCUT2D eigenvalue weighted by Gasteiger charge is -2.58. The summed E-state index contributed by atoms with van der Waals surface area (Å²) in [4.78, 5) is 5.18. The second kappa shape index (κ2) is 6.43. The third-order valence-electron chi connectivity index (χ3n) is 6.28. The van der Waals surface area contributed by atoms with Crippen molar-refractivity contribution >= 4 is 0 Å². The number of aromatic nitrogens is 2. The molecule has 0 bridgehead atoms. The first-order valence-corrected chi connectivity index (χ1v) is 9.55. The third kappa shape index (κ3) is 3.39. The highest BCUT2D eigenvalue weighted by atomic mass is 16.5. The number of ether oxygens (including phenoxy) is 1. The van der Waals surface area contributed by atoms with Gasteiger partial charge in [0.25, 0.3) is 0 Å². The van der Waals surface area contributed by atoms with Gasteiger partial charge in [0, 0.05) is 45.4 Å². The fraction of sp³-hybridized carbons (Fsp3) is 0.842. The second-order valence-electron chi connectivity index (χ2n) is 8.53. The Morgan fingerprint density at radius 3 is 2.58 bits per heavy atom. The summed E-state index contributed by atoms with van der Waals surface area (Å²) in [5.74, 6) is 1.63. The molecule has 1 saturated carbocycles. The van der Waals surface area contributed by atoms with Gasteiger partial charge in [-0.25, -0.2) is 0 Å². The SMILES string of the molecule is Cc1cc(CN2CC3(C[C@@H](COCC4CC4)CCN3C)C2)n(C)n1. The summed E-state index contributed by atoms with van der Waals surface area (Å²) in [6.07, 6.45) is 5.37. The molecule has 5 nitrogen and oxygen atoms in total. The van der Waals surface area contributed by atoms with E-state index in [2.05, 4.69) is 42.0 Å². The van der Waals surface area contributed by atoms with Gasteiger partial charge in [-0.15, -0.1) is 0 Å². The zero-order valence-electron chi connectivity index (χ0n) is 15.5. The quantitative estimate of drug-likeness (QED) is 0.798. The summed E-state index contributed by atoms with van der Waals surface area (Å²) in [7, 11) is 4.37. The summed E-state index contributed by atoms with van der Waals surface area (Å²) in [6, 6.07) is 2.21. The highest BCUT2D eigenvalue weighted by Crippen LogP contribution is 2.39. The molecule has 5 heteroatoms. The topological polar surface area (TPSA) is 33.5 Å². The summed E-state index contributed by atoms with van der Waals surface area (Å²) in [5, 5.41) is 4.47. The van der Waals surface area contributed by atoms with Gasteiger partial charge in [0.2, 0.25) is 0 Å². The summed E-state index contributed by atoms with van der Waals surface area (Å²) < 4.78 is 8.02. The fourth-order valence-corrected chi connectivity index (χ4v) is 4.55. The number of hydrogen-bond donors (Lipinski definition) is 0. The monoisotopic (exact) mass is 332 g/mol. The molecule has 3 aliphatic rings. The lowest BCUT2D eigenvalue weighted by atomic mass is 9.75. The highest BCUT2D eigenvalue weighted by Gasteiger charge is 2.49. The Morgan fingerprint density at radius 1 is 1.17 bits per heavy atom. The first kappa shape index (κ1) is 16.6. The fourth-order valence-electron chi connectivity index (χ4n) is 4.55. The van der Waals surface area contributed by atoms with Crippen molar-refractivity contribution < 1.29 is 4.74 Å². The van der Waals surface area contributed by atoms with Gasteiger partial charge in [0.05, 0.1) is 11.4 Å². The van der Waals surface area contributed by atoms with E-state index in [-0.39, 0.29) is 0 Å². The van der Waals surface area contributed by atoms with Crippen molar-refractivity contribution in [2.75, 3.05) is 39.9 Å². The number of nitrogens with zero attached hydrogens (tertiary/aromatic N) is 4. The molecule has 1 spiro atoms. The Balaban J connectivity index is 1.28. The van der Waals surface area contributed by atoms with Crippen LogP contribution in [0.1, 0.15) is 37.1 Å². The summed E-state index contributed by atoms with van der Waals surface area (Å²) in [5.41, 5.74) is 2.83. The molecule has 0 radical (unpaired) electrons. The predicted octanol–water partition coefficient (Wildman–Crippen LogP) is 2.05. The van der Waals surface area contributed by atoms with Crippen LogP contribution in [0.25, 0.3) is 0 Å². The van der Waals surface area contributed by atoms with E-state index in [1.807, 2.05) is 4.68 Å². The van der Waals surface area contributed by atoms with E-state index in [4.69, 9.17) is 4.74 Å². The first-order chi connectivity index (χ1) is 11.5. The Kier molecular flexibility index (Phi) is 4.43. The van der Waals surface area contributed by atoms with Gasteiger partial charge in [-0.2, -0.15) is 5.10 Å². The molecule has 0 unspecified atom stereocenters. The normalized spacial score (nSPS) is 27.5. The number of likely N-dealkylation sites (tertiary alicyclic amines) is 2. The van der Waals surface area contributed by atoms with Gasteiger partial charge in [0.1, 0.15) is 0 Å². The van der Waals surface area contributed by atoms with Crippen molar-refractivity contribution in [1.82, 2.24) is 19.6 Å². The van der Waals surface area contributed by atoms with Crippen LogP contribution in [0, 0.1) is 18.8 Å². The molecule has 1 aromatic heterocycles. The van der Waals surface area contributed by atoms with Gasteiger partial charge in [0.15, 0.2) is 0 Å². The van der Waals surface area contributed by atoms with Gasteiger partial charge in [-0.1, -0.05) is 0 Å². The van der Waals surface area contributed by atoms with Crippen LogP contribution < -0.4 is 0 Å². The van der Waals surface area contributed by atoms with Crippen molar-refractivity contribution in [1.29, 1.82) is 0 Å². The molecule has 1 aliphatic carbocycles. The third-order valence-corrected chi connectivity index (χ3v) is 6.28. The van der Waals surface area contributed by atoms with Gasteiger partial charge >= 0.3 is 0 Å². The molecule has 1 aromatic rings. The Labute approximate surface area is 145 Å². The average Bonchev–Trinajstić information content (AvgIpc) is 3.26. The summed E-state index contributed by atoms with van der Waals surface area (Å²) >= 11 is 0. The average molecular weight is 332 g/mol. The van der Waals surface area contributed by atoms with E-state index >= 15 is 0 Å². The van der Waals surface area contributed by atoms with Crippen molar-refractivity contribution in [3.05, 3.63) is 17.5 Å². The minimum absolute atomic E-state index is 0.388. The van der Waals surface area contributed by atoms with E-state index in [9.17, 15) is 0 Å². The van der Waals surface area contributed by atoms with Crippen molar-refractivity contribution in [2.24, 2.45) is 18.9 Å². The largest absolute Gasteiger partial charge is 0.381 e.